The number of pyridine rings is 1. The van der Waals surface area contributed by atoms with E-state index in [1.54, 1.807) is 6.20 Å². The Morgan fingerprint density at radius 2 is 2.06 bits per heavy atom. The first-order valence-electron chi connectivity index (χ1n) is 5.98. The minimum absolute atomic E-state index is 0.486. The van der Waals surface area contributed by atoms with Crippen molar-refractivity contribution in [2.24, 2.45) is 5.73 Å². The van der Waals surface area contributed by atoms with Gasteiger partial charge in [0.1, 0.15) is 0 Å². The van der Waals surface area contributed by atoms with E-state index < -0.39 is 0 Å². The Morgan fingerprint density at radius 1 is 1.22 bits per heavy atom. The Morgan fingerprint density at radius 3 is 2.83 bits per heavy atom. The second kappa shape index (κ2) is 6.02. The second-order valence-corrected chi connectivity index (χ2v) is 3.77. The Bertz CT molecular complexity index is 514. The lowest BCUT2D eigenvalue weighted by Gasteiger charge is -2.13. The van der Waals surface area contributed by atoms with E-state index in [1.165, 1.54) is 0 Å². The molecule has 0 radical (unpaired) electrons. The SMILES string of the molecule is CCOc1cccnc1Nc1ccccc1CN. The van der Waals surface area contributed by atoms with Crippen molar-refractivity contribution in [1.29, 1.82) is 0 Å². The minimum atomic E-state index is 0.486. The quantitative estimate of drug-likeness (QED) is 0.847. The number of aromatic nitrogens is 1. The van der Waals surface area contributed by atoms with Crippen LogP contribution in [0.2, 0.25) is 0 Å². The van der Waals surface area contributed by atoms with E-state index in [4.69, 9.17) is 10.5 Å². The normalized spacial score (nSPS) is 10.1. The predicted molar refractivity (Wildman–Crippen MR) is 73.0 cm³/mol. The van der Waals surface area contributed by atoms with Crippen LogP contribution in [0.1, 0.15) is 12.5 Å². The van der Waals surface area contributed by atoms with Crippen molar-refractivity contribution < 1.29 is 4.74 Å². The Balaban J connectivity index is 2.28. The fourth-order valence-electron chi connectivity index (χ4n) is 1.70. The molecular formula is C14H17N3O. The number of hydrogen-bond donors (Lipinski definition) is 2. The lowest BCUT2D eigenvalue weighted by molar-refractivity contribution is 0.341. The number of nitrogens with one attached hydrogen (secondary N) is 1. The van der Waals surface area contributed by atoms with Crippen molar-refractivity contribution in [2.45, 2.75) is 13.5 Å². The zero-order valence-corrected chi connectivity index (χ0v) is 10.4. The van der Waals surface area contributed by atoms with Crippen LogP contribution in [-0.4, -0.2) is 11.6 Å². The van der Waals surface area contributed by atoms with Gasteiger partial charge in [-0.2, -0.15) is 0 Å². The molecule has 0 saturated heterocycles. The summed E-state index contributed by atoms with van der Waals surface area (Å²) in [6, 6.07) is 11.6. The summed E-state index contributed by atoms with van der Waals surface area (Å²) >= 11 is 0. The van der Waals surface area contributed by atoms with Crippen molar-refractivity contribution in [2.75, 3.05) is 11.9 Å². The van der Waals surface area contributed by atoms with E-state index >= 15 is 0 Å². The molecule has 18 heavy (non-hydrogen) atoms. The zero-order chi connectivity index (χ0) is 12.8. The largest absolute Gasteiger partial charge is 0.490 e. The highest BCUT2D eigenvalue weighted by molar-refractivity contribution is 5.64. The van der Waals surface area contributed by atoms with Gasteiger partial charge in [0, 0.05) is 18.4 Å². The van der Waals surface area contributed by atoms with Gasteiger partial charge >= 0.3 is 0 Å². The molecule has 0 saturated carbocycles. The molecule has 1 aromatic carbocycles. The van der Waals surface area contributed by atoms with Crippen LogP contribution in [0.25, 0.3) is 0 Å². The standard InChI is InChI=1S/C14H17N3O/c1-2-18-13-8-5-9-16-14(13)17-12-7-4-3-6-11(12)10-15/h3-9H,2,10,15H2,1H3,(H,16,17). The maximum atomic E-state index is 5.71. The van der Waals surface area contributed by atoms with Crippen LogP contribution in [0.5, 0.6) is 5.75 Å². The third kappa shape index (κ3) is 2.78. The average Bonchev–Trinajstić information content (AvgIpc) is 2.42. The highest BCUT2D eigenvalue weighted by Gasteiger charge is 2.06. The number of para-hydroxylation sites is 1. The summed E-state index contributed by atoms with van der Waals surface area (Å²) in [7, 11) is 0. The van der Waals surface area contributed by atoms with Gasteiger partial charge in [-0.25, -0.2) is 4.98 Å². The van der Waals surface area contributed by atoms with Crippen LogP contribution in [0.3, 0.4) is 0 Å². The summed E-state index contributed by atoms with van der Waals surface area (Å²) in [5.41, 5.74) is 7.71. The van der Waals surface area contributed by atoms with Gasteiger partial charge in [-0.3, -0.25) is 0 Å². The molecule has 2 aromatic rings. The van der Waals surface area contributed by atoms with E-state index in [2.05, 4.69) is 10.3 Å². The number of nitrogens with two attached hydrogens (primary N) is 1. The predicted octanol–water partition coefficient (Wildman–Crippen LogP) is 2.68. The molecule has 1 aromatic heterocycles. The monoisotopic (exact) mass is 243 g/mol. The van der Waals surface area contributed by atoms with Gasteiger partial charge in [0.25, 0.3) is 0 Å². The lowest BCUT2D eigenvalue weighted by atomic mass is 10.2. The van der Waals surface area contributed by atoms with E-state index in [0.717, 1.165) is 17.0 Å². The smallest absolute Gasteiger partial charge is 0.173 e. The molecule has 0 atom stereocenters. The Labute approximate surface area is 107 Å². The van der Waals surface area contributed by atoms with Crippen LogP contribution in [0.4, 0.5) is 11.5 Å². The molecule has 0 unspecified atom stereocenters. The van der Waals surface area contributed by atoms with E-state index in [1.807, 2.05) is 43.3 Å². The van der Waals surface area contributed by atoms with Crippen LogP contribution < -0.4 is 15.8 Å². The van der Waals surface area contributed by atoms with Gasteiger partial charge in [-0.05, 0) is 30.7 Å². The summed E-state index contributed by atoms with van der Waals surface area (Å²) in [5, 5.41) is 3.26. The summed E-state index contributed by atoms with van der Waals surface area (Å²) in [4.78, 5) is 4.29. The first-order chi connectivity index (χ1) is 8.85. The summed E-state index contributed by atoms with van der Waals surface area (Å²) in [6.07, 6.45) is 1.73. The molecular weight excluding hydrogens is 226 g/mol. The number of benzene rings is 1. The molecule has 0 spiro atoms. The molecule has 4 nitrogen and oxygen atoms in total. The number of rotatable bonds is 5. The fraction of sp³-hybridized carbons (Fsp3) is 0.214. The van der Waals surface area contributed by atoms with Crippen LogP contribution in [-0.2, 0) is 6.54 Å². The van der Waals surface area contributed by atoms with Crippen molar-refractivity contribution in [1.82, 2.24) is 4.98 Å². The first-order valence-corrected chi connectivity index (χ1v) is 5.98. The maximum Gasteiger partial charge on any atom is 0.173 e. The Kier molecular flexibility index (Phi) is 4.15. The molecule has 0 bridgehead atoms. The number of anilines is 2. The van der Waals surface area contributed by atoms with Gasteiger partial charge in [0.15, 0.2) is 11.6 Å². The van der Waals surface area contributed by atoms with Gasteiger partial charge in [0.2, 0.25) is 0 Å². The number of hydrogen-bond acceptors (Lipinski definition) is 4. The van der Waals surface area contributed by atoms with Gasteiger partial charge in [-0.15, -0.1) is 0 Å². The van der Waals surface area contributed by atoms with Crippen molar-refractivity contribution >= 4 is 11.5 Å². The first kappa shape index (κ1) is 12.4. The third-order valence-corrected chi connectivity index (χ3v) is 2.56. The lowest BCUT2D eigenvalue weighted by Crippen LogP contribution is -2.04. The Hall–Kier alpha value is -2.07. The highest BCUT2D eigenvalue weighted by Crippen LogP contribution is 2.26. The highest BCUT2D eigenvalue weighted by atomic mass is 16.5. The molecule has 0 fully saturated rings. The molecule has 0 aliphatic rings. The fourth-order valence-corrected chi connectivity index (χ4v) is 1.70. The molecule has 3 N–H and O–H groups in total. The molecule has 2 rings (SSSR count). The van der Waals surface area contributed by atoms with Crippen LogP contribution >= 0.6 is 0 Å². The van der Waals surface area contributed by atoms with E-state index in [9.17, 15) is 0 Å². The van der Waals surface area contributed by atoms with Gasteiger partial charge in [0.05, 0.1) is 6.61 Å². The minimum Gasteiger partial charge on any atom is -0.490 e. The third-order valence-electron chi connectivity index (χ3n) is 2.56. The van der Waals surface area contributed by atoms with Crippen molar-refractivity contribution in [3.8, 4) is 5.75 Å². The topological polar surface area (TPSA) is 60.2 Å². The molecule has 94 valence electrons. The second-order valence-electron chi connectivity index (χ2n) is 3.77. The zero-order valence-electron chi connectivity index (χ0n) is 10.4. The van der Waals surface area contributed by atoms with Crippen LogP contribution in [0, 0.1) is 0 Å². The van der Waals surface area contributed by atoms with Crippen molar-refractivity contribution in [3.05, 3.63) is 48.2 Å². The number of nitrogens with zero attached hydrogens (tertiary/aromatic N) is 1. The molecule has 0 amide bonds. The van der Waals surface area contributed by atoms with E-state index in [0.29, 0.717) is 19.0 Å². The van der Waals surface area contributed by atoms with E-state index in [-0.39, 0.29) is 0 Å². The summed E-state index contributed by atoms with van der Waals surface area (Å²) in [6.45, 7) is 3.05. The maximum absolute atomic E-state index is 5.71. The molecule has 0 aliphatic carbocycles. The van der Waals surface area contributed by atoms with Crippen LogP contribution in [0.15, 0.2) is 42.6 Å². The molecule has 4 heteroatoms. The molecule has 0 aliphatic heterocycles. The van der Waals surface area contributed by atoms with Crippen molar-refractivity contribution in [3.63, 3.8) is 0 Å². The summed E-state index contributed by atoms with van der Waals surface area (Å²) in [5.74, 6) is 1.45. The van der Waals surface area contributed by atoms with Gasteiger partial charge < -0.3 is 15.8 Å². The van der Waals surface area contributed by atoms with Gasteiger partial charge in [-0.1, -0.05) is 18.2 Å². The average molecular weight is 243 g/mol. The number of ether oxygens (including phenoxy) is 1. The molecule has 1 heterocycles. The summed E-state index contributed by atoms with van der Waals surface area (Å²) < 4.78 is 5.53.